The maximum Gasteiger partial charge on any atom is 0.417 e. The Labute approximate surface area is 120 Å². The summed E-state index contributed by atoms with van der Waals surface area (Å²) in [5, 5.41) is 2.72. The van der Waals surface area contributed by atoms with E-state index in [1.807, 2.05) is 0 Å². The Bertz CT molecular complexity index is 830. The molecule has 3 rings (SSSR count). The SMILES string of the molecule is O=C(NCc1ccc2[nH]c(=O)oc2c1)c1ccc(Br)o1. The number of fused-ring (bicyclic) bond motifs is 1. The number of hydrogen-bond donors (Lipinski definition) is 2. The highest BCUT2D eigenvalue weighted by Crippen LogP contribution is 2.15. The van der Waals surface area contributed by atoms with E-state index in [9.17, 15) is 9.59 Å². The van der Waals surface area contributed by atoms with Crippen molar-refractivity contribution < 1.29 is 13.6 Å². The molecule has 102 valence electrons. The average Bonchev–Trinajstić information content (AvgIpc) is 3.00. The van der Waals surface area contributed by atoms with Crippen molar-refractivity contribution in [2.24, 2.45) is 0 Å². The highest BCUT2D eigenvalue weighted by Gasteiger charge is 2.10. The Hall–Kier alpha value is -2.28. The molecule has 6 nitrogen and oxygen atoms in total. The summed E-state index contributed by atoms with van der Waals surface area (Å²) in [6.45, 7) is 0.308. The summed E-state index contributed by atoms with van der Waals surface area (Å²) in [6, 6.07) is 8.45. The number of H-pyrrole nitrogens is 1. The molecule has 2 heterocycles. The Morgan fingerprint density at radius 3 is 2.85 bits per heavy atom. The fourth-order valence-electron chi connectivity index (χ4n) is 1.81. The van der Waals surface area contributed by atoms with Gasteiger partial charge < -0.3 is 14.2 Å². The molecule has 7 heteroatoms. The topological polar surface area (TPSA) is 88.2 Å². The lowest BCUT2D eigenvalue weighted by Gasteiger charge is -2.03. The van der Waals surface area contributed by atoms with Crippen LogP contribution in [0.25, 0.3) is 11.1 Å². The summed E-state index contributed by atoms with van der Waals surface area (Å²) in [4.78, 5) is 25.4. The molecule has 0 saturated heterocycles. The molecule has 0 bridgehead atoms. The minimum absolute atomic E-state index is 0.228. The number of aromatic amines is 1. The lowest BCUT2D eigenvalue weighted by molar-refractivity contribution is 0.0922. The fraction of sp³-hybridized carbons (Fsp3) is 0.0769. The van der Waals surface area contributed by atoms with Crippen LogP contribution in [0.5, 0.6) is 0 Å². The van der Waals surface area contributed by atoms with Crippen LogP contribution in [0.3, 0.4) is 0 Å². The minimum Gasteiger partial charge on any atom is -0.444 e. The average molecular weight is 337 g/mol. The zero-order valence-electron chi connectivity index (χ0n) is 10.1. The van der Waals surface area contributed by atoms with Crippen LogP contribution in [0.4, 0.5) is 0 Å². The first-order chi connectivity index (χ1) is 9.61. The number of hydrogen-bond acceptors (Lipinski definition) is 4. The van der Waals surface area contributed by atoms with E-state index in [0.717, 1.165) is 5.56 Å². The van der Waals surface area contributed by atoms with Gasteiger partial charge in [0.15, 0.2) is 16.0 Å². The third kappa shape index (κ3) is 2.53. The molecule has 1 amide bonds. The fourth-order valence-corrected chi connectivity index (χ4v) is 2.11. The van der Waals surface area contributed by atoms with Crippen LogP contribution in [-0.4, -0.2) is 10.9 Å². The van der Waals surface area contributed by atoms with Crippen molar-refractivity contribution in [2.75, 3.05) is 0 Å². The molecule has 3 aromatic rings. The number of benzene rings is 1. The predicted molar refractivity (Wildman–Crippen MR) is 74.4 cm³/mol. The Morgan fingerprint density at radius 1 is 1.25 bits per heavy atom. The second kappa shape index (κ2) is 5.01. The molecule has 2 N–H and O–H groups in total. The molecule has 20 heavy (non-hydrogen) atoms. The van der Waals surface area contributed by atoms with Gasteiger partial charge in [0.05, 0.1) is 5.52 Å². The lowest BCUT2D eigenvalue weighted by Crippen LogP contribution is -2.22. The van der Waals surface area contributed by atoms with E-state index in [1.54, 1.807) is 30.3 Å². The number of nitrogens with one attached hydrogen (secondary N) is 2. The third-order valence-electron chi connectivity index (χ3n) is 2.74. The van der Waals surface area contributed by atoms with E-state index in [1.165, 1.54) is 0 Å². The van der Waals surface area contributed by atoms with E-state index < -0.39 is 5.76 Å². The first-order valence-corrected chi connectivity index (χ1v) is 6.56. The second-order valence-corrected chi connectivity index (χ2v) is 4.91. The summed E-state index contributed by atoms with van der Waals surface area (Å²) in [7, 11) is 0. The summed E-state index contributed by atoms with van der Waals surface area (Å²) in [6.07, 6.45) is 0. The van der Waals surface area contributed by atoms with Gasteiger partial charge in [0.1, 0.15) is 0 Å². The first kappa shape index (κ1) is 12.7. The molecule has 0 spiro atoms. The van der Waals surface area contributed by atoms with Gasteiger partial charge in [-0.15, -0.1) is 0 Å². The van der Waals surface area contributed by atoms with Gasteiger partial charge in [0.25, 0.3) is 5.91 Å². The second-order valence-electron chi connectivity index (χ2n) is 4.13. The number of carbonyl (C=O) groups is 1. The number of amides is 1. The monoisotopic (exact) mass is 336 g/mol. The van der Waals surface area contributed by atoms with Crippen LogP contribution in [0.2, 0.25) is 0 Å². The summed E-state index contributed by atoms with van der Waals surface area (Å²) >= 11 is 3.13. The number of oxazole rings is 1. The van der Waals surface area contributed by atoms with E-state index in [2.05, 4.69) is 26.2 Å². The molecule has 0 fully saturated rings. The Kier molecular flexibility index (Phi) is 3.19. The molecule has 0 aliphatic carbocycles. The van der Waals surface area contributed by atoms with Crippen LogP contribution in [-0.2, 0) is 6.54 Å². The van der Waals surface area contributed by atoms with Crippen molar-refractivity contribution in [1.82, 2.24) is 10.3 Å². The molecule has 0 radical (unpaired) electrons. The normalized spacial score (nSPS) is 10.8. The number of aromatic nitrogens is 1. The molecule has 0 atom stereocenters. The number of carbonyl (C=O) groups excluding carboxylic acids is 1. The van der Waals surface area contributed by atoms with Crippen molar-refractivity contribution in [2.45, 2.75) is 6.54 Å². The van der Waals surface area contributed by atoms with Crippen molar-refractivity contribution in [3.05, 3.63) is 56.9 Å². The quantitative estimate of drug-likeness (QED) is 0.768. The van der Waals surface area contributed by atoms with E-state index in [0.29, 0.717) is 22.3 Å². The molecule has 0 saturated carbocycles. The molecule has 0 aliphatic heterocycles. The zero-order valence-corrected chi connectivity index (χ0v) is 11.7. The minimum atomic E-state index is -0.498. The largest absolute Gasteiger partial charge is 0.444 e. The standard InChI is InChI=1S/C13H9BrN2O4/c14-11-4-3-9(19-11)12(17)15-6-7-1-2-8-10(5-7)20-13(18)16-8/h1-5H,6H2,(H,15,17)(H,16,18). The van der Waals surface area contributed by atoms with E-state index in [4.69, 9.17) is 8.83 Å². The summed E-state index contributed by atoms with van der Waals surface area (Å²) in [5.41, 5.74) is 1.90. The van der Waals surface area contributed by atoms with Crippen LogP contribution in [0.1, 0.15) is 16.1 Å². The van der Waals surface area contributed by atoms with Crippen LogP contribution < -0.4 is 11.1 Å². The van der Waals surface area contributed by atoms with Crippen LogP contribution >= 0.6 is 15.9 Å². The van der Waals surface area contributed by atoms with Gasteiger partial charge in [-0.25, -0.2) is 4.79 Å². The lowest BCUT2D eigenvalue weighted by atomic mass is 10.2. The number of rotatable bonds is 3. The summed E-state index contributed by atoms with van der Waals surface area (Å²) in [5.74, 6) is -0.584. The van der Waals surface area contributed by atoms with Gasteiger partial charge in [-0.2, -0.15) is 0 Å². The first-order valence-electron chi connectivity index (χ1n) is 5.77. The maximum atomic E-state index is 11.8. The molecule has 2 aromatic heterocycles. The van der Waals surface area contributed by atoms with Crippen LogP contribution in [0.15, 0.2) is 48.6 Å². The smallest absolute Gasteiger partial charge is 0.417 e. The predicted octanol–water partition coefficient (Wildman–Crippen LogP) is 2.41. The Balaban J connectivity index is 1.73. The van der Waals surface area contributed by atoms with Gasteiger partial charge in [0, 0.05) is 6.54 Å². The van der Waals surface area contributed by atoms with Gasteiger partial charge in [0.2, 0.25) is 0 Å². The summed E-state index contributed by atoms with van der Waals surface area (Å²) < 4.78 is 10.6. The van der Waals surface area contributed by atoms with E-state index >= 15 is 0 Å². The zero-order chi connectivity index (χ0) is 14.1. The van der Waals surface area contributed by atoms with Crippen LogP contribution in [0, 0.1) is 0 Å². The molecule has 0 aliphatic rings. The number of furan rings is 1. The molecule has 0 unspecified atom stereocenters. The van der Waals surface area contributed by atoms with Gasteiger partial charge >= 0.3 is 5.76 Å². The molecule has 1 aromatic carbocycles. The highest BCUT2D eigenvalue weighted by molar-refractivity contribution is 9.10. The van der Waals surface area contributed by atoms with Crippen molar-refractivity contribution in [1.29, 1.82) is 0 Å². The Morgan fingerprint density at radius 2 is 2.10 bits per heavy atom. The van der Waals surface area contributed by atoms with E-state index in [-0.39, 0.29) is 11.7 Å². The van der Waals surface area contributed by atoms with Crippen molar-refractivity contribution in [3.8, 4) is 0 Å². The maximum absolute atomic E-state index is 11.8. The van der Waals surface area contributed by atoms with Gasteiger partial charge in [-0.05, 0) is 45.8 Å². The number of halogens is 1. The van der Waals surface area contributed by atoms with Gasteiger partial charge in [-0.3, -0.25) is 9.78 Å². The highest BCUT2D eigenvalue weighted by atomic mass is 79.9. The van der Waals surface area contributed by atoms with Crippen molar-refractivity contribution >= 4 is 32.9 Å². The molecular weight excluding hydrogens is 328 g/mol. The third-order valence-corrected chi connectivity index (χ3v) is 3.16. The van der Waals surface area contributed by atoms with Crippen molar-refractivity contribution in [3.63, 3.8) is 0 Å². The molecular formula is C13H9BrN2O4. The van der Waals surface area contributed by atoms with Gasteiger partial charge in [-0.1, -0.05) is 6.07 Å².